The van der Waals surface area contributed by atoms with Crippen molar-refractivity contribution in [3.8, 4) is 11.4 Å². The normalized spacial score (nSPS) is 13.2. The Kier molecular flexibility index (Phi) is 6.46. The molecule has 0 N–H and O–H groups in total. The number of hydrogen-bond acceptors (Lipinski definition) is 0. The molecule has 2 heteroatoms. The lowest BCUT2D eigenvalue weighted by Gasteiger charge is -2.32. The van der Waals surface area contributed by atoms with E-state index in [1.165, 1.54) is 67.0 Å². The van der Waals surface area contributed by atoms with Gasteiger partial charge in [0.15, 0.2) is 0 Å². The van der Waals surface area contributed by atoms with Crippen molar-refractivity contribution in [1.29, 1.82) is 0 Å². The molecule has 0 fully saturated rings. The molecule has 1 unspecified atom stereocenters. The molecule has 7 aromatic rings. The fourth-order valence-electron chi connectivity index (χ4n) is 7.03. The van der Waals surface area contributed by atoms with Gasteiger partial charge in [-0.25, -0.2) is 0 Å². The summed E-state index contributed by atoms with van der Waals surface area (Å²) < 4.78 is 4.94. The molecule has 2 nitrogen and oxygen atoms in total. The third-order valence-corrected chi connectivity index (χ3v) is 9.10. The number of nitrogens with zero attached hydrogens (tertiary/aromatic N) is 2. The second-order valence-corrected chi connectivity index (χ2v) is 13.5. The first-order chi connectivity index (χ1) is 20.3. The molecule has 0 amide bonds. The molecule has 7 rings (SSSR count). The first kappa shape index (κ1) is 26.6. The van der Waals surface area contributed by atoms with Crippen LogP contribution in [-0.4, -0.2) is 9.13 Å². The molecule has 0 bridgehead atoms. The van der Waals surface area contributed by atoms with Crippen molar-refractivity contribution in [3.05, 3.63) is 121 Å². The molecule has 0 aliphatic rings. The minimum absolute atomic E-state index is 0.222. The lowest BCUT2D eigenvalue weighted by molar-refractivity contribution is 0.203. The Balaban J connectivity index is 1.53. The van der Waals surface area contributed by atoms with Gasteiger partial charge in [-0.2, -0.15) is 0 Å². The fraction of sp³-hybridized carbons (Fsp3) is 0.250. The Morgan fingerprint density at radius 2 is 0.881 bits per heavy atom. The first-order valence-corrected chi connectivity index (χ1v) is 15.4. The van der Waals surface area contributed by atoms with E-state index in [0.29, 0.717) is 11.8 Å². The maximum Gasteiger partial charge on any atom is 0.0541 e. The van der Waals surface area contributed by atoms with E-state index >= 15 is 0 Å². The molecule has 0 aliphatic carbocycles. The van der Waals surface area contributed by atoms with Gasteiger partial charge >= 0.3 is 0 Å². The van der Waals surface area contributed by atoms with E-state index in [1.807, 2.05) is 0 Å². The van der Waals surface area contributed by atoms with Gasteiger partial charge in [-0.1, -0.05) is 107 Å². The number of hydrogen-bond donors (Lipinski definition) is 0. The highest BCUT2D eigenvalue weighted by atomic mass is 15.0. The molecule has 0 radical (unpaired) electrons. The number of fused-ring (bicyclic) bond motifs is 6. The highest BCUT2D eigenvalue weighted by Crippen LogP contribution is 2.38. The Hall–Kier alpha value is -4.30. The summed E-state index contributed by atoms with van der Waals surface area (Å²) in [6, 6.07) is 42.6. The topological polar surface area (TPSA) is 9.86 Å². The van der Waals surface area contributed by atoms with E-state index in [1.54, 1.807) is 0 Å². The zero-order valence-corrected chi connectivity index (χ0v) is 25.4. The molecule has 42 heavy (non-hydrogen) atoms. The number of para-hydroxylation sites is 4. The summed E-state index contributed by atoms with van der Waals surface area (Å²) >= 11 is 0. The molecule has 2 heterocycles. The van der Waals surface area contributed by atoms with Gasteiger partial charge in [0, 0.05) is 32.9 Å². The summed E-state index contributed by atoms with van der Waals surface area (Å²) in [6.07, 6.45) is 2.27. The average Bonchev–Trinajstić information content (AvgIpc) is 3.49. The second-order valence-electron chi connectivity index (χ2n) is 13.5. The summed E-state index contributed by atoms with van der Waals surface area (Å²) in [5.41, 5.74) is 9.05. The summed E-state index contributed by atoms with van der Waals surface area (Å²) in [6.45, 7) is 11.9. The van der Waals surface area contributed by atoms with E-state index in [4.69, 9.17) is 0 Å². The second kappa shape index (κ2) is 10.2. The highest BCUT2D eigenvalue weighted by Gasteiger charge is 2.26. The van der Waals surface area contributed by atoms with Crippen molar-refractivity contribution in [2.24, 2.45) is 17.3 Å². The molecule has 2 aromatic heterocycles. The molecule has 0 saturated heterocycles. The number of rotatable bonds is 6. The smallest absolute Gasteiger partial charge is 0.0541 e. The van der Waals surface area contributed by atoms with Crippen molar-refractivity contribution in [1.82, 2.24) is 9.13 Å². The summed E-state index contributed by atoms with van der Waals surface area (Å²) in [4.78, 5) is 0. The molecule has 0 spiro atoms. The lowest BCUT2D eigenvalue weighted by atomic mass is 9.73. The molecular formula is C40H40N2. The van der Waals surface area contributed by atoms with Gasteiger partial charge in [-0.05, 0) is 78.1 Å². The van der Waals surface area contributed by atoms with Crippen molar-refractivity contribution in [2.75, 3.05) is 0 Å². The van der Waals surface area contributed by atoms with E-state index < -0.39 is 0 Å². The van der Waals surface area contributed by atoms with Crippen LogP contribution in [0.15, 0.2) is 115 Å². The van der Waals surface area contributed by atoms with Gasteiger partial charge in [0.05, 0.1) is 22.1 Å². The Labute approximate surface area is 249 Å². The van der Waals surface area contributed by atoms with Crippen LogP contribution in [0.2, 0.25) is 0 Å². The van der Waals surface area contributed by atoms with Crippen LogP contribution in [0.4, 0.5) is 0 Å². The van der Waals surface area contributed by atoms with E-state index in [0.717, 1.165) is 6.42 Å². The van der Waals surface area contributed by atoms with E-state index in [-0.39, 0.29) is 5.41 Å². The summed E-state index contributed by atoms with van der Waals surface area (Å²) in [5, 5.41) is 5.18. The van der Waals surface area contributed by atoms with Crippen LogP contribution in [0.3, 0.4) is 0 Å². The zero-order valence-electron chi connectivity index (χ0n) is 25.4. The van der Waals surface area contributed by atoms with Gasteiger partial charge in [0.2, 0.25) is 0 Å². The lowest BCUT2D eigenvalue weighted by Crippen LogP contribution is -2.24. The van der Waals surface area contributed by atoms with Gasteiger partial charge in [-0.3, -0.25) is 0 Å². The van der Waals surface area contributed by atoms with E-state index in [2.05, 4.69) is 159 Å². The van der Waals surface area contributed by atoms with Crippen molar-refractivity contribution in [2.45, 2.75) is 47.5 Å². The molecule has 0 saturated carbocycles. The summed E-state index contributed by atoms with van der Waals surface area (Å²) in [5.74, 6) is 1.24. The van der Waals surface area contributed by atoms with E-state index in [9.17, 15) is 0 Å². The average molecular weight is 549 g/mol. The maximum atomic E-state index is 2.47. The third-order valence-electron chi connectivity index (χ3n) is 9.10. The van der Waals surface area contributed by atoms with Crippen LogP contribution in [0.25, 0.3) is 55.0 Å². The Bertz CT molecular complexity index is 1820. The maximum absolute atomic E-state index is 2.47. The van der Waals surface area contributed by atoms with Crippen LogP contribution in [-0.2, 0) is 6.42 Å². The molecule has 5 aromatic carbocycles. The van der Waals surface area contributed by atoms with Crippen LogP contribution in [0.1, 0.15) is 46.6 Å². The minimum atomic E-state index is 0.222. The summed E-state index contributed by atoms with van der Waals surface area (Å²) in [7, 11) is 0. The predicted molar refractivity (Wildman–Crippen MR) is 181 cm³/mol. The van der Waals surface area contributed by atoms with Gasteiger partial charge in [0.25, 0.3) is 0 Å². The Morgan fingerprint density at radius 1 is 0.524 bits per heavy atom. The van der Waals surface area contributed by atoms with Crippen molar-refractivity contribution in [3.63, 3.8) is 0 Å². The highest BCUT2D eigenvalue weighted by molar-refractivity contribution is 6.10. The largest absolute Gasteiger partial charge is 0.309 e. The van der Waals surface area contributed by atoms with Gasteiger partial charge < -0.3 is 9.13 Å². The SMILES string of the molecule is CC(C)CC(Cc1cc(-n2c3ccccc3c3ccccc32)cc(-n2c3ccccc3c3ccccc32)c1)C(C)(C)C. The van der Waals surface area contributed by atoms with Crippen molar-refractivity contribution < 1.29 is 0 Å². The zero-order chi connectivity index (χ0) is 29.0. The molecule has 210 valence electrons. The number of aromatic nitrogens is 2. The minimum Gasteiger partial charge on any atom is -0.309 e. The fourth-order valence-corrected chi connectivity index (χ4v) is 7.03. The standard InChI is InChI=1S/C40H40N2/c1-27(2)22-29(40(3,4)5)23-28-24-30(41-36-18-10-6-14-32(36)33-15-7-11-19-37(33)41)26-31(25-28)42-38-20-12-8-16-34(38)35-17-9-13-21-39(35)42/h6-21,24-27,29H,22-23H2,1-5H3. The van der Waals surface area contributed by atoms with Crippen LogP contribution >= 0.6 is 0 Å². The van der Waals surface area contributed by atoms with Crippen LogP contribution in [0.5, 0.6) is 0 Å². The van der Waals surface area contributed by atoms with Crippen LogP contribution < -0.4 is 0 Å². The monoisotopic (exact) mass is 548 g/mol. The quantitative estimate of drug-likeness (QED) is 0.196. The number of benzene rings is 5. The molecular weight excluding hydrogens is 508 g/mol. The predicted octanol–water partition coefficient (Wildman–Crippen LogP) is 11.1. The first-order valence-electron chi connectivity index (χ1n) is 15.4. The third kappa shape index (κ3) is 4.50. The van der Waals surface area contributed by atoms with Crippen molar-refractivity contribution >= 4 is 43.6 Å². The molecule has 0 aliphatic heterocycles. The molecule has 1 atom stereocenters. The Morgan fingerprint density at radius 3 is 1.21 bits per heavy atom. The van der Waals surface area contributed by atoms with Gasteiger partial charge in [0.1, 0.15) is 0 Å². The van der Waals surface area contributed by atoms with Gasteiger partial charge in [-0.15, -0.1) is 0 Å². The van der Waals surface area contributed by atoms with Crippen LogP contribution in [0, 0.1) is 17.3 Å².